The van der Waals surface area contributed by atoms with Crippen molar-refractivity contribution in [3.05, 3.63) is 0 Å². The molecule has 102 valence electrons. The van der Waals surface area contributed by atoms with Crippen LogP contribution in [0.15, 0.2) is 0 Å². The Balaban J connectivity index is 2.42. The van der Waals surface area contributed by atoms with Gasteiger partial charge in [0.15, 0.2) is 0 Å². The SMILES string of the molecule is CCC(CCN)CNS(=O)(=O)N1CCCCC1. The Labute approximate surface area is 105 Å². The Bertz CT molecular complexity index is 300. The number of nitrogens with one attached hydrogen (secondary N) is 1. The maximum absolute atomic E-state index is 12.0. The lowest BCUT2D eigenvalue weighted by Crippen LogP contribution is -2.44. The van der Waals surface area contributed by atoms with Crippen LogP contribution in [-0.2, 0) is 10.2 Å². The third-order valence-corrected chi connectivity index (χ3v) is 4.94. The van der Waals surface area contributed by atoms with Crippen molar-refractivity contribution in [3.8, 4) is 0 Å². The van der Waals surface area contributed by atoms with Crippen LogP contribution in [0.4, 0.5) is 0 Å². The zero-order valence-corrected chi connectivity index (χ0v) is 11.5. The highest BCUT2D eigenvalue weighted by molar-refractivity contribution is 7.87. The van der Waals surface area contributed by atoms with E-state index in [0.29, 0.717) is 32.1 Å². The molecule has 0 aromatic heterocycles. The van der Waals surface area contributed by atoms with Gasteiger partial charge in [-0.15, -0.1) is 0 Å². The molecule has 0 bridgehead atoms. The van der Waals surface area contributed by atoms with Gasteiger partial charge in [0.1, 0.15) is 0 Å². The molecule has 1 unspecified atom stereocenters. The topological polar surface area (TPSA) is 75.4 Å². The summed E-state index contributed by atoms with van der Waals surface area (Å²) in [6.07, 6.45) is 4.91. The fraction of sp³-hybridized carbons (Fsp3) is 1.00. The van der Waals surface area contributed by atoms with Crippen molar-refractivity contribution in [1.29, 1.82) is 0 Å². The molecule has 6 heteroatoms. The summed E-state index contributed by atoms with van der Waals surface area (Å²) >= 11 is 0. The highest BCUT2D eigenvalue weighted by atomic mass is 32.2. The molecule has 17 heavy (non-hydrogen) atoms. The van der Waals surface area contributed by atoms with E-state index in [1.165, 1.54) is 0 Å². The van der Waals surface area contributed by atoms with Gasteiger partial charge in [-0.1, -0.05) is 19.8 Å². The van der Waals surface area contributed by atoms with Crippen molar-refractivity contribution in [3.63, 3.8) is 0 Å². The first-order chi connectivity index (χ1) is 8.10. The summed E-state index contributed by atoms with van der Waals surface area (Å²) in [5, 5.41) is 0. The quantitative estimate of drug-likeness (QED) is 0.709. The summed E-state index contributed by atoms with van der Waals surface area (Å²) in [4.78, 5) is 0. The number of nitrogens with two attached hydrogens (primary N) is 1. The normalized spacial score (nSPS) is 20.4. The van der Waals surface area contributed by atoms with E-state index in [2.05, 4.69) is 11.6 Å². The lowest BCUT2D eigenvalue weighted by atomic mass is 10.0. The molecule has 1 heterocycles. The maximum atomic E-state index is 12.0. The summed E-state index contributed by atoms with van der Waals surface area (Å²) in [6.45, 7) is 4.50. The van der Waals surface area contributed by atoms with Crippen LogP contribution in [0, 0.1) is 5.92 Å². The summed E-state index contributed by atoms with van der Waals surface area (Å²) in [5.41, 5.74) is 5.50. The Morgan fingerprint density at radius 1 is 1.29 bits per heavy atom. The number of rotatable bonds is 7. The molecule has 5 nitrogen and oxygen atoms in total. The molecule has 1 rings (SSSR count). The van der Waals surface area contributed by atoms with E-state index in [-0.39, 0.29) is 0 Å². The van der Waals surface area contributed by atoms with Gasteiger partial charge in [0.05, 0.1) is 0 Å². The fourth-order valence-corrected chi connectivity index (χ4v) is 3.47. The molecule has 1 fully saturated rings. The predicted octanol–water partition coefficient (Wildman–Crippen LogP) is 0.682. The first-order valence-electron chi connectivity index (χ1n) is 6.55. The third-order valence-electron chi connectivity index (χ3n) is 3.36. The van der Waals surface area contributed by atoms with Crippen molar-refractivity contribution in [2.24, 2.45) is 11.7 Å². The molecule has 0 spiro atoms. The van der Waals surface area contributed by atoms with E-state index < -0.39 is 10.2 Å². The molecule has 0 saturated carbocycles. The van der Waals surface area contributed by atoms with E-state index in [1.54, 1.807) is 4.31 Å². The van der Waals surface area contributed by atoms with Gasteiger partial charge in [0.25, 0.3) is 10.2 Å². The second kappa shape index (κ2) is 7.31. The molecule has 0 aliphatic carbocycles. The molecule has 3 N–H and O–H groups in total. The minimum absolute atomic E-state index is 0.347. The Kier molecular flexibility index (Phi) is 6.40. The zero-order chi connectivity index (χ0) is 12.7. The molecule has 1 saturated heterocycles. The third kappa shape index (κ3) is 4.91. The zero-order valence-electron chi connectivity index (χ0n) is 10.7. The molecule has 1 aliphatic heterocycles. The van der Waals surface area contributed by atoms with E-state index in [4.69, 9.17) is 5.73 Å². The van der Waals surface area contributed by atoms with Gasteiger partial charge in [0, 0.05) is 19.6 Å². The fourth-order valence-electron chi connectivity index (χ4n) is 2.11. The van der Waals surface area contributed by atoms with Gasteiger partial charge < -0.3 is 5.73 Å². The summed E-state index contributed by atoms with van der Waals surface area (Å²) in [7, 11) is -3.26. The van der Waals surface area contributed by atoms with Crippen molar-refractivity contribution >= 4 is 10.2 Å². The lowest BCUT2D eigenvalue weighted by molar-refractivity contribution is 0.338. The van der Waals surface area contributed by atoms with E-state index >= 15 is 0 Å². The predicted molar refractivity (Wildman–Crippen MR) is 69.8 cm³/mol. The minimum Gasteiger partial charge on any atom is -0.330 e. The molecule has 0 aromatic rings. The molecular formula is C11H25N3O2S. The van der Waals surface area contributed by atoms with Gasteiger partial charge in [-0.05, 0) is 31.7 Å². The number of hydrogen-bond donors (Lipinski definition) is 2. The van der Waals surface area contributed by atoms with Crippen LogP contribution in [0.3, 0.4) is 0 Å². The van der Waals surface area contributed by atoms with Crippen LogP contribution in [0.2, 0.25) is 0 Å². The molecule has 0 aromatic carbocycles. The van der Waals surface area contributed by atoms with Crippen LogP contribution in [-0.4, -0.2) is 38.9 Å². The van der Waals surface area contributed by atoms with E-state index in [0.717, 1.165) is 32.1 Å². The highest BCUT2D eigenvalue weighted by Gasteiger charge is 2.23. The van der Waals surface area contributed by atoms with Gasteiger partial charge in [-0.2, -0.15) is 12.7 Å². The number of hydrogen-bond acceptors (Lipinski definition) is 3. The van der Waals surface area contributed by atoms with Gasteiger partial charge >= 0.3 is 0 Å². The molecule has 0 amide bonds. The van der Waals surface area contributed by atoms with Gasteiger partial charge in [-0.3, -0.25) is 0 Å². The van der Waals surface area contributed by atoms with Gasteiger partial charge in [0.2, 0.25) is 0 Å². The van der Waals surface area contributed by atoms with Crippen molar-refractivity contribution in [1.82, 2.24) is 9.03 Å². The van der Waals surface area contributed by atoms with Crippen LogP contribution in [0.25, 0.3) is 0 Å². The monoisotopic (exact) mass is 263 g/mol. The largest absolute Gasteiger partial charge is 0.330 e. The standard InChI is InChI=1S/C11H25N3O2S/c1-2-11(6-7-12)10-13-17(15,16)14-8-4-3-5-9-14/h11,13H,2-10,12H2,1H3. The molecule has 0 radical (unpaired) electrons. The second-order valence-electron chi connectivity index (χ2n) is 4.66. The number of nitrogens with zero attached hydrogens (tertiary/aromatic N) is 1. The van der Waals surface area contributed by atoms with Crippen LogP contribution >= 0.6 is 0 Å². The van der Waals surface area contributed by atoms with Gasteiger partial charge in [-0.25, -0.2) is 4.72 Å². The minimum atomic E-state index is -3.26. The first-order valence-corrected chi connectivity index (χ1v) is 7.99. The first kappa shape index (κ1) is 14.9. The Morgan fingerprint density at radius 2 is 1.94 bits per heavy atom. The molecule has 1 atom stereocenters. The highest BCUT2D eigenvalue weighted by Crippen LogP contribution is 2.13. The van der Waals surface area contributed by atoms with Crippen LogP contribution < -0.4 is 10.5 Å². The maximum Gasteiger partial charge on any atom is 0.279 e. The second-order valence-corrected chi connectivity index (χ2v) is 6.42. The smallest absolute Gasteiger partial charge is 0.279 e. The molecule has 1 aliphatic rings. The van der Waals surface area contributed by atoms with Crippen molar-refractivity contribution in [2.75, 3.05) is 26.2 Å². The summed E-state index contributed by atoms with van der Waals surface area (Å²) < 4.78 is 28.3. The number of piperidine rings is 1. The van der Waals surface area contributed by atoms with E-state index in [9.17, 15) is 8.42 Å². The van der Waals surface area contributed by atoms with Crippen molar-refractivity contribution in [2.45, 2.75) is 39.0 Å². The average molecular weight is 263 g/mol. The lowest BCUT2D eigenvalue weighted by Gasteiger charge is -2.26. The van der Waals surface area contributed by atoms with E-state index in [1.807, 2.05) is 0 Å². The Morgan fingerprint density at radius 3 is 2.47 bits per heavy atom. The molecular weight excluding hydrogens is 238 g/mol. The summed E-state index contributed by atoms with van der Waals surface area (Å²) in [5.74, 6) is 0.347. The van der Waals surface area contributed by atoms with Crippen LogP contribution in [0.5, 0.6) is 0 Å². The van der Waals surface area contributed by atoms with Crippen LogP contribution in [0.1, 0.15) is 39.0 Å². The Hall–Kier alpha value is -0.170. The van der Waals surface area contributed by atoms with Crippen molar-refractivity contribution < 1.29 is 8.42 Å². The summed E-state index contributed by atoms with van der Waals surface area (Å²) in [6, 6.07) is 0. The average Bonchev–Trinajstić information content (AvgIpc) is 2.35.